The molecule has 96 valence electrons. The Morgan fingerprint density at radius 1 is 1.44 bits per heavy atom. The molecule has 1 aromatic rings. The van der Waals surface area contributed by atoms with Crippen molar-refractivity contribution in [2.75, 3.05) is 12.3 Å². The van der Waals surface area contributed by atoms with E-state index in [-0.39, 0.29) is 17.9 Å². The van der Waals surface area contributed by atoms with Crippen LogP contribution < -0.4 is 10.5 Å². The van der Waals surface area contributed by atoms with Gasteiger partial charge in [0.15, 0.2) is 0 Å². The van der Waals surface area contributed by atoms with E-state index in [9.17, 15) is 13.2 Å². The second-order valence-electron chi connectivity index (χ2n) is 3.16. The predicted molar refractivity (Wildman–Crippen MR) is 60.6 cm³/mol. The molecule has 0 aliphatic carbocycles. The van der Waals surface area contributed by atoms with Crippen molar-refractivity contribution in [3.8, 4) is 5.75 Å². The van der Waals surface area contributed by atoms with E-state index in [0.717, 1.165) is 6.07 Å². The third-order valence-electron chi connectivity index (χ3n) is 1.81. The molecule has 0 aliphatic heterocycles. The lowest BCUT2D eigenvalue weighted by molar-refractivity contribution is -0.274. The summed E-state index contributed by atoms with van der Waals surface area (Å²) in [6.45, 7) is 0.0246. The number of azide groups is 1. The van der Waals surface area contributed by atoms with E-state index in [4.69, 9.17) is 11.3 Å². The van der Waals surface area contributed by atoms with E-state index in [1.54, 1.807) is 0 Å². The van der Waals surface area contributed by atoms with Gasteiger partial charge in [0.25, 0.3) is 0 Å². The molecule has 0 atom stereocenters. The first-order chi connectivity index (χ1) is 8.42. The maximum atomic E-state index is 12.1. The van der Waals surface area contributed by atoms with Crippen LogP contribution in [0.2, 0.25) is 0 Å². The van der Waals surface area contributed by atoms with Crippen molar-refractivity contribution in [3.63, 3.8) is 0 Å². The van der Waals surface area contributed by atoms with Crippen LogP contribution in [0, 0.1) is 0 Å². The van der Waals surface area contributed by atoms with Crippen LogP contribution in [-0.4, -0.2) is 12.9 Å². The summed E-state index contributed by atoms with van der Waals surface area (Å²) >= 11 is 0. The van der Waals surface area contributed by atoms with Gasteiger partial charge < -0.3 is 10.5 Å². The van der Waals surface area contributed by atoms with Crippen LogP contribution in [0.3, 0.4) is 0 Å². The number of alkyl halides is 3. The van der Waals surface area contributed by atoms with E-state index in [0.29, 0.717) is 5.69 Å². The van der Waals surface area contributed by atoms with Crippen molar-refractivity contribution in [2.24, 2.45) is 5.11 Å². The molecule has 0 saturated heterocycles. The highest BCUT2D eigenvalue weighted by Gasteiger charge is 2.31. The molecule has 0 radical (unpaired) electrons. The Labute approximate surface area is 100 Å². The predicted octanol–water partition coefficient (Wildman–Crippen LogP) is 3.49. The van der Waals surface area contributed by atoms with Crippen LogP contribution in [-0.2, 0) is 0 Å². The number of halogens is 3. The van der Waals surface area contributed by atoms with Gasteiger partial charge in [0.05, 0.1) is 0 Å². The number of benzene rings is 1. The second kappa shape index (κ2) is 5.83. The van der Waals surface area contributed by atoms with Gasteiger partial charge in [0, 0.05) is 22.7 Å². The molecule has 2 N–H and O–H groups in total. The van der Waals surface area contributed by atoms with Gasteiger partial charge in [-0.25, -0.2) is 0 Å². The Morgan fingerprint density at radius 3 is 2.78 bits per heavy atom. The first-order valence-electron chi connectivity index (χ1n) is 4.75. The molecule has 0 amide bonds. The van der Waals surface area contributed by atoms with Crippen molar-refractivity contribution < 1.29 is 17.9 Å². The third-order valence-corrected chi connectivity index (χ3v) is 1.81. The third kappa shape index (κ3) is 4.67. The van der Waals surface area contributed by atoms with Crippen LogP contribution in [0.1, 0.15) is 5.56 Å². The average Bonchev–Trinajstić information content (AvgIpc) is 2.26. The Kier molecular flexibility index (Phi) is 4.45. The van der Waals surface area contributed by atoms with Crippen molar-refractivity contribution in [3.05, 3.63) is 40.3 Å². The van der Waals surface area contributed by atoms with Crippen LogP contribution in [0.25, 0.3) is 16.5 Å². The largest absolute Gasteiger partial charge is 0.573 e. The van der Waals surface area contributed by atoms with Crippen molar-refractivity contribution in [1.82, 2.24) is 0 Å². The number of anilines is 1. The molecule has 0 heterocycles. The van der Waals surface area contributed by atoms with Crippen molar-refractivity contribution >= 4 is 11.8 Å². The zero-order valence-corrected chi connectivity index (χ0v) is 9.05. The smallest absolute Gasteiger partial charge is 0.405 e. The number of nitrogens with two attached hydrogens (primary N) is 1. The fourth-order valence-electron chi connectivity index (χ4n) is 1.18. The molecule has 18 heavy (non-hydrogen) atoms. The molecule has 8 heteroatoms. The van der Waals surface area contributed by atoms with Gasteiger partial charge in [-0.2, -0.15) is 0 Å². The SMILES string of the molecule is [N-]=[N+]=NCC=Cc1cc(N)ccc1OC(F)(F)F. The minimum Gasteiger partial charge on any atom is -0.405 e. The number of hydrogen-bond acceptors (Lipinski definition) is 3. The summed E-state index contributed by atoms with van der Waals surface area (Å²) in [6, 6.07) is 3.75. The number of nitrogens with zero attached hydrogens (tertiary/aromatic N) is 3. The van der Waals surface area contributed by atoms with Gasteiger partial charge in [-0.3, -0.25) is 0 Å². The highest BCUT2D eigenvalue weighted by Crippen LogP contribution is 2.28. The summed E-state index contributed by atoms with van der Waals surface area (Å²) < 4.78 is 40.2. The Morgan fingerprint density at radius 2 is 2.17 bits per heavy atom. The molecule has 0 spiro atoms. The monoisotopic (exact) mass is 258 g/mol. The first-order valence-corrected chi connectivity index (χ1v) is 4.75. The summed E-state index contributed by atoms with van der Waals surface area (Å²) in [5.74, 6) is -0.367. The maximum absolute atomic E-state index is 12.1. The Hall–Kier alpha value is -2.34. The summed E-state index contributed by atoms with van der Waals surface area (Å²) in [4.78, 5) is 2.50. The fraction of sp³-hybridized carbons (Fsp3) is 0.200. The molecule has 0 aliphatic rings. The average molecular weight is 258 g/mol. The van der Waals surface area contributed by atoms with Gasteiger partial charge in [-0.1, -0.05) is 17.3 Å². The topological polar surface area (TPSA) is 84.0 Å². The molecule has 0 unspecified atom stereocenters. The lowest BCUT2D eigenvalue weighted by Crippen LogP contribution is -2.17. The number of rotatable bonds is 4. The maximum Gasteiger partial charge on any atom is 0.573 e. The lowest BCUT2D eigenvalue weighted by atomic mass is 10.1. The standard InChI is InChI=1S/C10H9F3N4O/c11-10(12,13)18-9-4-3-8(14)6-7(9)2-1-5-16-17-15/h1-4,6H,5,14H2. The quantitative estimate of drug-likeness (QED) is 0.388. The summed E-state index contributed by atoms with van der Waals surface area (Å²) in [6.07, 6.45) is -2.03. The first kappa shape index (κ1) is 13.7. The number of ether oxygens (including phenoxy) is 1. The minimum absolute atomic E-state index is 0.0246. The van der Waals surface area contributed by atoms with Crippen LogP contribution in [0.15, 0.2) is 29.4 Å². The van der Waals surface area contributed by atoms with E-state index >= 15 is 0 Å². The number of nitrogen functional groups attached to an aromatic ring is 1. The summed E-state index contributed by atoms with van der Waals surface area (Å²) in [5, 5.41) is 3.21. The highest BCUT2D eigenvalue weighted by atomic mass is 19.4. The molecule has 1 rings (SSSR count). The van der Waals surface area contributed by atoms with Crippen LogP contribution >= 0.6 is 0 Å². The van der Waals surface area contributed by atoms with Gasteiger partial charge in [-0.15, -0.1) is 13.2 Å². The lowest BCUT2D eigenvalue weighted by Gasteiger charge is -2.11. The second-order valence-corrected chi connectivity index (χ2v) is 3.16. The van der Waals surface area contributed by atoms with Gasteiger partial charge >= 0.3 is 6.36 Å². The van der Waals surface area contributed by atoms with Crippen LogP contribution in [0.4, 0.5) is 18.9 Å². The van der Waals surface area contributed by atoms with Crippen molar-refractivity contribution in [2.45, 2.75) is 6.36 Å². The highest BCUT2D eigenvalue weighted by molar-refractivity contribution is 5.62. The van der Waals surface area contributed by atoms with E-state index < -0.39 is 6.36 Å². The summed E-state index contributed by atoms with van der Waals surface area (Å²) in [5.41, 5.74) is 14.0. The summed E-state index contributed by atoms with van der Waals surface area (Å²) in [7, 11) is 0. The zero-order valence-electron chi connectivity index (χ0n) is 9.05. The molecular formula is C10H9F3N4O. The van der Waals surface area contributed by atoms with Crippen LogP contribution in [0.5, 0.6) is 5.75 Å². The van der Waals surface area contributed by atoms with Gasteiger partial charge in [0.1, 0.15) is 5.75 Å². The molecule has 0 aromatic heterocycles. The van der Waals surface area contributed by atoms with E-state index in [2.05, 4.69) is 14.8 Å². The van der Waals surface area contributed by atoms with Crippen molar-refractivity contribution in [1.29, 1.82) is 0 Å². The Bertz CT molecular complexity index is 492. The number of hydrogen-bond donors (Lipinski definition) is 1. The van der Waals surface area contributed by atoms with E-state index in [1.165, 1.54) is 24.3 Å². The fourth-order valence-corrected chi connectivity index (χ4v) is 1.18. The Balaban J connectivity index is 2.96. The molecule has 0 bridgehead atoms. The molecule has 0 saturated carbocycles. The normalized spacial score (nSPS) is 11.3. The minimum atomic E-state index is -4.77. The zero-order chi connectivity index (χ0) is 13.6. The van der Waals surface area contributed by atoms with Gasteiger partial charge in [0.2, 0.25) is 0 Å². The molecule has 0 fully saturated rings. The van der Waals surface area contributed by atoms with Gasteiger partial charge in [-0.05, 0) is 23.7 Å². The molecule has 1 aromatic carbocycles. The van der Waals surface area contributed by atoms with E-state index in [1.807, 2.05) is 0 Å². The molecule has 5 nitrogen and oxygen atoms in total. The molecular weight excluding hydrogens is 249 g/mol.